The molecule has 0 atom stereocenters. The molecule has 0 aliphatic heterocycles. The Bertz CT molecular complexity index is 1830. The van der Waals surface area contributed by atoms with Crippen molar-refractivity contribution >= 4 is 22.1 Å². The van der Waals surface area contributed by atoms with Gasteiger partial charge < -0.3 is 19.5 Å². The zero-order chi connectivity index (χ0) is 34.2. The van der Waals surface area contributed by atoms with Gasteiger partial charge in [0.05, 0.1) is 33.9 Å². The molecule has 4 aromatic rings. The number of ether oxygens (including phenoxy) is 2. The number of hydrazine groups is 1. The summed E-state index contributed by atoms with van der Waals surface area (Å²) in [5.41, 5.74) is 0.748. The molecule has 1 N–H and O–H groups in total. The van der Waals surface area contributed by atoms with E-state index in [0.29, 0.717) is 5.56 Å². The second-order valence-corrected chi connectivity index (χ2v) is 11.4. The second kappa shape index (κ2) is 14.6. The van der Waals surface area contributed by atoms with E-state index in [2.05, 4.69) is 15.2 Å². The lowest BCUT2D eigenvalue weighted by molar-refractivity contribution is -0.706. The van der Waals surface area contributed by atoms with Gasteiger partial charge in [-0.1, -0.05) is 48.0 Å². The number of carbonyl (C=O) groups excluding carboxylic acids is 2. The molecule has 0 aliphatic carbocycles. The monoisotopic (exact) mass is 676 g/mol. The standard InChI is InChI=1S/C29H27F3N6O8S/c1-20-8-10-21(11-9-20)25-18-26(29(30,31)32)33-37(25)23-12-14-24(15-13-23)47(42,43)34-28(40)44-17-16-36(2)38(41)35-46-19-45-27(39)22-6-4-3-5-7-22/h3-15,18H,16-17,19H2,1-2H3,(H,34,40). The van der Waals surface area contributed by atoms with E-state index in [0.717, 1.165) is 33.5 Å². The number of hydrogen-bond donors (Lipinski definition) is 1. The molecule has 0 radical (unpaired) electrons. The average Bonchev–Trinajstić information content (AvgIpc) is 3.50. The van der Waals surface area contributed by atoms with Crippen LogP contribution in [0.5, 0.6) is 0 Å². The van der Waals surface area contributed by atoms with Crippen molar-refractivity contribution in [2.24, 2.45) is 5.28 Å². The van der Waals surface area contributed by atoms with Crippen molar-refractivity contribution in [3.05, 3.63) is 107 Å². The molecular weight excluding hydrogens is 649 g/mol. The number of hydrogen-bond acceptors (Lipinski definition) is 10. The lowest BCUT2D eigenvalue weighted by atomic mass is 10.1. The van der Waals surface area contributed by atoms with Gasteiger partial charge in [-0.25, -0.2) is 27.4 Å². The molecule has 1 heterocycles. The maximum absolute atomic E-state index is 13.5. The van der Waals surface area contributed by atoms with Gasteiger partial charge in [0.2, 0.25) is 5.28 Å². The van der Waals surface area contributed by atoms with E-state index < -0.39 is 47.4 Å². The van der Waals surface area contributed by atoms with Crippen LogP contribution in [0.1, 0.15) is 21.6 Å². The maximum Gasteiger partial charge on any atom is 0.435 e. The van der Waals surface area contributed by atoms with E-state index in [-0.39, 0.29) is 33.4 Å². The summed E-state index contributed by atoms with van der Waals surface area (Å²) in [6, 6.07) is 20.3. The summed E-state index contributed by atoms with van der Waals surface area (Å²) in [5, 5.41) is 19.7. The minimum atomic E-state index is -4.72. The molecule has 248 valence electrons. The van der Waals surface area contributed by atoms with Crippen LogP contribution in [-0.2, 0) is 30.5 Å². The molecule has 0 bridgehead atoms. The van der Waals surface area contributed by atoms with Gasteiger partial charge in [0.15, 0.2) is 5.69 Å². The lowest BCUT2D eigenvalue weighted by Gasteiger charge is -2.13. The number of aryl methyl sites for hydroxylation is 1. The quantitative estimate of drug-likeness (QED) is 0.0548. The van der Waals surface area contributed by atoms with Crippen LogP contribution in [0, 0.1) is 12.1 Å². The smallest absolute Gasteiger partial charge is 0.435 e. The number of esters is 1. The SMILES string of the molecule is Cc1ccc(-c2cc(C(F)(F)F)nn2-c2ccc(S(=O)(=O)NC(=O)OCCN(C)[N+]([O-])=NOCOC(=O)c3ccccc3)cc2)cc1. The molecule has 3 aromatic carbocycles. The largest absolute Gasteiger partial charge is 0.569 e. The highest BCUT2D eigenvalue weighted by atomic mass is 32.2. The molecular formula is C29H27F3N6O8S. The third-order valence-electron chi connectivity index (χ3n) is 6.28. The molecule has 47 heavy (non-hydrogen) atoms. The minimum Gasteiger partial charge on any atom is -0.569 e. The number of rotatable bonds is 12. The Kier molecular flexibility index (Phi) is 10.7. The van der Waals surface area contributed by atoms with Gasteiger partial charge >= 0.3 is 18.2 Å². The van der Waals surface area contributed by atoms with Crippen molar-refractivity contribution in [3.8, 4) is 16.9 Å². The average molecular weight is 677 g/mol. The third kappa shape index (κ3) is 9.19. The van der Waals surface area contributed by atoms with Crippen LogP contribution in [0.4, 0.5) is 18.0 Å². The van der Waals surface area contributed by atoms with Crippen LogP contribution >= 0.6 is 0 Å². The van der Waals surface area contributed by atoms with Crippen molar-refractivity contribution in [1.29, 1.82) is 0 Å². The zero-order valence-corrected chi connectivity index (χ0v) is 25.6. The first-order chi connectivity index (χ1) is 22.2. The molecule has 1 aromatic heterocycles. The number of nitrogens with one attached hydrogen (secondary N) is 1. The number of sulfonamides is 1. The van der Waals surface area contributed by atoms with Gasteiger partial charge in [0, 0.05) is 5.56 Å². The van der Waals surface area contributed by atoms with Crippen molar-refractivity contribution in [1.82, 2.24) is 19.5 Å². The van der Waals surface area contributed by atoms with E-state index in [9.17, 15) is 36.4 Å². The molecule has 14 nitrogen and oxygen atoms in total. The Morgan fingerprint density at radius 3 is 2.32 bits per heavy atom. The fourth-order valence-electron chi connectivity index (χ4n) is 3.84. The van der Waals surface area contributed by atoms with Gasteiger partial charge in [-0.3, -0.25) is 0 Å². The normalized spacial score (nSPS) is 11.9. The Balaban J connectivity index is 1.30. The van der Waals surface area contributed by atoms with Crippen molar-refractivity contribution in [3.63, 3.8) is 0 Å². The van der Waals surface area contributed by atoms with E-state index in [4.69, 9.17) is 9.47 Å². The number of halogens is 3. The maximum atomic E-state index is 13.5. The van der Waals surface area contributed by atoms with Crippen LogP contribution < -0.4 is 4.72 Å². The fraction of sp³-hybridized carbons (Fsp3) is 0.207. The van der Waals surface area contributed by atoms with Gasteiger partial charge in [0.25, 0.3) is 16.8 Å². The summed E-state index contributed by atoms with van der Waals surface area (Å²) in [6.07, 6.45) is -6.08. The summed E-state index contributed by atoms with van der Waals surface area (Å²) in [6.45, 7) is 0.489. The number of carbonyl (C=O) groups is 2. The molecule has 4 rings (SSSR count). The third-order valence-corrected chi connectivity index (χ3v) is 7.60. The Morgan fingerprint density at radius 1 is 1.02 bits per heavy atom. The highest BCUT2D eigenvalue weighted by Crippen LogP contribution is 2.33. The van der Waals surface area contributed by atoms with Crippen LogP contribution in [-0.4, -0.2) is 67.2 Å². The molecule has 0 saturated carbocycles. The number of amides is 1. The minimum absolute atomic E-state index is 0.0164. The Hall–Kier alpha value is -5.65. The van der Waals surface area contributed by atoms with Gasteiger partial charge in [-0.2, -0.15) is 18.3 Å². The van der Waals surface area contributed by atoms with E-state index >= 15 is 0 Å². The van der Waals surface area contributed by atoms with Gasteiger partial charge in [0.1, 0.15) is 13.2 Å². The molecule has 0 fully saturated rings. The number of alkyl halides is 3. The Morgan fingerprint density at radius 2 is 1.68 bits per heavy atom. The number of likely N-dealkylation sites (N-methyl/N-ethyl adjacent to an activating group) is 1. The first kappa shape index (κ1) is 34.2. The van der Waals surface area contributed by atoms with Crippen molar-refractivity contribution < 1.29 is 50.5 Å². The summed E-state index contributed by atoms with van der Waals surface area (Å²) in [4.78, 5) is 28.2. The molecule has 0 spiro atoms. The van der Waals surface area contributed by atoms with Gasteiger partial charge in [-0.05, 0) is 49.4 Å². The highest BCUT2D eigenvalue weighted by Gasteiger charge is 2.35. The van der Waals surface area contributed by atoms with Gasteiger partial charge in [-0.15, -0.1) is 5.01 Å². The number of nitrogens with zero attached hydrogens (tertiary/aromatic N) is 5. The van der Waals surface area contributed by atoms with E-state index in [1.54, 1.807) is 47.2 Å². The summed E-state index contributed by atoms with van der Waals surface area (Å²) in [7, 11) is -3.19. The van der Waals surface area contributed by atoms with E-state index in [1.807, 2.05) is 6.92 Å². The lowest BCUT2D eigenvalue weighted by Crippen LogP contribution is -2.35. The molecule has 0 unspecified atom stereocenters. The van der Waals surface area contributed by atoms with Crippen molar-refractivity contribution in [2.45, 2.75) is 18.0 Å². The predicted molar refractivity (Wildman–Crippen MR) is 157 cm³/mol. The fourth-order valence-corrected chi connectivity index (χ4v) is 4.73. The number of aromatic nitrogens is 2. The van der Waals surface area contributed by atoms with Crippen LogP contribution in [0.3, 0.4) is 0 Å². The first-order valence-electron chi connectivity index (χ1n) is 13.5. The van der Waals surface area contributed by atoms with Crippen LogP contribution in [0.15, 0.2) is 95.1 Å². The molecule has 0 aliphatic rings. The second-order valence-electron chi connectivity index (χ2n) is 9.69. The van der Waals surface area contributed by atoms with Crippen LogP contribution in [0.2, 0.25) is 0 Å². The van der Waals surface area contributed by atoms with Crippen molar-refractivity contribution in [2.75, 3.05) is 27.0 Å². The molecule has 1 amide bonds. The highest BCUT2D eigenvalue weighted by molar-refractivity contribution is 7.90. The zero-order valence-electron chi connectivity index (χ0n) is 24.7. The predicted octanol–water partition coefficient (Wildman–Crippen LogP) is 4.84. The summed E-state index contributed by atoms with van der Waals surface area (Å²) >= 11 is 0. The summed E-state index contributed by atoms with van der Waals surface area (Å²) in [5.74, 6) is -0.693. The Labute approximate surface area is 266 Å². The number of benzene rings is 3. The molecule has 0 saturated heterocycles. The van der Waals surface area contributed by atoms with E-state index in [1.165, 1.54) is 31.3 Å². The van der Waals surface area contributed by atoms with Crippen LogP contribution in [0.25, 0.3) is 16.9 Å². The summed E-state index contributed by atoms with van der Waals surface area (Å²) < 4.78 is 78.2. The first-order valence-corrected chi connectivity index (χ1v) is 15.0. The molecule has 18 heteroatoms. The topological polar surface area (TPSA) is 167 Å².